The van der Waals surface area contributed by atoms with Crippen molar-refractivity contribution in [3.05, 3.63) is 71.8 Å². The number of benzene rings is 3. The molecule has 0 bridgehead atoms. The summed E-state index contributed by atoms with van der Waals surface area (Å²) in [5.74, 6) is -0.201. The maximum atomic E-state index is 13.0. The Kier molecular flexibility index (Phi) is 4.78. The zero-order valence-corrected chi connectivity index (χ0v) is 17.7. The largest absolute Gasteiger partial charge is 0.380 e. The first-order chi connectivity index (χ1) is 15.0. The lowest BCUT2D eigenvalue weighted by Gasteiger charge is -2.35. The SMILES string of the molecule is Cc1ccc2ccccc2c1-c1ccc(C(=O)N2CCN(C(=O)C3(O)CC3)CC2)cc1. The van der Waals surface area contributed by atoms with Crippen LogP contribution in [-0.4, -0.2) is 58.5 Å². The van der Waals surface area contributed by atoms with Gasteiger partial charge in [0.2, 0.25) is 0 Å². The fraction of sp³-hybridized carbons (Fsp3) is 0.308. The zero-order valence-electron chi connectivity index (χ0n) is 17.7. The van der Waals surface area contributed by atoms with Gasteiger partial charge in [0.05, 0.1) is 0 Å². The third-order valence-corrected chi connectivity index (χ3v) is 6.53. The lowest BCUT2D eigenvalue weighted by Crippen LogP contribution is -2.53. The minimum atomic E-state index is -1.14. The second-order valence-electron chi connectivity index (χ2n) is 8.67. The Balaban J connectivity index is 1.31. The average molecular weight is 415 g/mol. The molecule has 1 aliphatic carbocycles. The number of nitrogens with zero attached hydrogens (tertiary/aromatic N) is 2. The third-order valence-electron chi connectivity index (χ3n) is 6.53. The highest BCUT2D eigenvalue weighted by Gasteiger charge is 2.50. The molecule has 0 unspecified atom stereocenters. The van der Waals surface area contributed by atoms with Gasteiger partial charge in [-0.1, -0.05) is 48.5 Å². The lowest BCUT2D eigenvalue weighted by molar-refractivity contribution is -0.143. The smallest absolute Gasteiger partial charge is 0.254 e. The van der Waals surface area contributed by atoms with E-state index in [0.717, 1.165) is 5.56 Å². The summed E-state index contributed by atoms with van der Waals surface area (Å²) in [4.78, 5) is 28.8. The first-order valence-electron chi connectivity index (χ1n) is 10.9. The van der Waals surface area contributed by atoms with Gasteiger partial charge in [0.15, 0.2) is 0 Å². The van der Waals surface area contributed by atoms with E-state index in [2.05, 4.69) is 37.3 Å². The number of aliphatic hydroxyl groups is 1. The summed E-state index contributed by atoms with van der Waals surface area (Å²) in [6.07, 6.45) is 1.10. The van der Waals surface area contributed by atoms with Gasteiger partial charge in [-0.15, -0.1) is 0 Å². The fourth-order valence-corrected chi connectivity index (χ4v) is 4.46. The Bertz CT molecular complexity index is 1160. The van der Waals surface area contributed by atoms with E-state index in [-0.39, 0.29) is 11.8 Å². The van der Waals surface area contributed by atoms with Crippen molar-refractivity contribution in [2.45, 2.75) is 25.4 Å². The summed E-state index contributed by atoms with van der Waals surface area (Å²) >= 11 is 0. The number of carbonyl (C=O) groups is 2. The van der Waals surface area contributed by atoms with Crippen molar-refractivity contribution in [3.8, 4) is 11.1 Å². The van der Waals surface area contributed by atoms with Crippen LogP contribution in [-0.2, 0) is 4.79 Å². The molecule has 3 aromatic rings. The molecule has 5 heteroatoms. The van der Waals surface area contributed by atoms with Crippen molar-refractivity contribution in [1.29, 1.82) is 0 Å². The van der Waals surface area contributed by atoms with Gasteiger partial charge >= 0.3 is 0 Å². The van der Waals surface area contributed by atoms with E-state index in [1.165, 1.54) is 21.9 Å². The normalized spacial score (nSPS) is 17.6. The number of carbonyl (C=O) groups excluding carboxylic acids is 2. The number of rotatable bonds is 3. The summed E-state index contributed by atoms with van der Waals surface area (Å²) in [6, 6.07) is 20.4. The number of piperazine rings is 1. The van der Waals surface area contributed by atoms with Crippen LogP contribution in [0, 0.1) is 6.92 Å². The monoisotopic (exact) mass is 414 g/mol. The molecule has 0 spiro atoms. The summed E-state index contributed by atoms with van der Waals surface area (Å²) in [5, 5.41) is 12.4. The van der Waals surface area contributed by atoms with Crippen molar-refractivity contribution >= 4 is 22.6 Å². The van der Waals surface area contributed by atoms with Gasteiger partial charge in [-0.2, -0.15) is 0 Å². The molecular formula is C26H26N2O3. The molecule has 2 fully saturated rings. The highest BCUT2D eigenvalue weighted by atomic mass is 16.3. The van der Waals surface area contributed by atoms with Gasteiger partial charge in [-0.25, -0.2) is 0 Å². The van der Waals surface area contributed by atoms with Gasteiger partial charge in [-0.3, -0.25) is 9.59 Å². The van der Waals surface area contributed by atoms with Crippen LogP contribution in [0.25, 0.3) is 21.9 Å². The lowest BCUT2D eigenvalue weighted by atomic mass is 9.93. The van der Waals surface area contributed by atoms with E-state index in [1.54, 1.807) is 9.80 Å². The molecule has 5 nitrogen and oxygen atoms in total. The van der Waals surface area contributed by atoms with Crippen LogP contribution in [0.1, 0.15) is 28.8 Å². The standard InChI is InChI=1S/C26H26N2O3/c1-18-6-7-19-4-2-3-5-22(19)23(18)20-8-10-21(11-9-20)24(29)27-14-16-28(17-15-27)25(30)26(31)12-13-26/h2-11,31H,12-17H2,1H3. The molecule has 0 radical (unpaired) electrons. The van der Waals surface area contributed by atoms with Crippen LogP contribution < -0.4 is 0 Å². The fourth-order valence-electron chi connectivity index (χ4n) is 4.46. The summed E-state index contributed by atoms with van der Waals surface area (Å²) in [5.41, 5.74) is 3.01. The third kappa shape index (κ3) is 3.59. The zero-order chi connectivity index (χ0) is 21.6. The van der Waals surface area contributed by atoms with Crippen molar-refractivity contribution < 1.29 is 14.7 Å². The Morgan fingerprint density at radius 3 is 2.16 bits per heavy atom. The Hall–Kier alpha value is -3.18. The number of fused-ring (bicyclic) bond motifs is 1. The van der Waals surface area contributed by atoms with Crippen molar-refractivity contribution in [2.24, 2.45) is 0 Å². The first-order valence-corrected chi connectivity index (χ1v) is 10.9. The van der Waals surface area contributed by atoms with Gasteiger partial charge in [0.1, 0.15) is 5.60 Å². The van der Waals surface area contributed by atoms with Crippen LogP contribution in [0.5, 0.6) is 0 Å². The summed E-state index contributed by atoms with van der Waals surface area (Å²) in [7, 11) is 0. The molecule has 1 N–H and O–H groups in total. The van der Waals surface area contributed by atoms with Crippen LogP contribution in [0.4, 0.5) is 0 Å². The van der Waals surface area contributed by atoms with E-state index in [4.69, 9.17) is 0 Å². The van der Waals surface area contributed by atoms with E-state index >= 15 is 0 Å². The van der Waals surface area contributed by atoms with Crippen LogP contribution in [0.3, 0.4) is 0 Å². The molecule has 2 aliphatic rings. The van der Waals surface area contributed by atoms with Gasteiger partial charge < -0.3 is 14.9 Å². The highest BCUT2D eigenvalue weighted by molar-refractivity contribution is 5.99. The van der Waals surface area contributed by atoms with Gasteiger partial charge in [0.25, 0.3) is 11.8 Å². The van der Waals surface area contributed by atoms with E-state index in [1.807, 2.05) is 30.3 Å². The minimum Gasteiger partial charge on any atom is -0.380 e. The van der Waals surface area contributed by atoms with E-state index in [9.17, 15) is 14.7 Å². The van der Waals surface area contributed by atoms with Crippen LogP contribution >= 0.6 is 0 Å². The van der Waals surface area contributed by atoms with Crippen LogP contribution in [0.2, 0.25) is 0 Å². The highest BCUT2D eigenvalue weighted by Crippen LogP contribution is 2.37. The molecule has 2 amide bonds. The van der Waals surface area contributed by atoms with E-state index in [0.29, 0.717) is 44.6 Å². The Morgan fingerprint density at radius 1 is 0.839 bits per heavy atom. The molecular weight excluding hydrogens is 388 g/mol. The summed E-state index contributed by atoms with van der Waals surface area (Å²) in [6.45, 7) is 4.04. The molecule has 0 atom stereocenters. The topological polar surface area (TPSA) is 60.9 Å². The van der Waals surface area contributed by atoms with Crippen LogP contribution in [0.15, 0.2) is 60.7 Å². The number of aryl methyl sites for hydroxylation is 1. The molecule has 31 heavy (non-hydrogen) atoms. The quantitative estimate of drug-likeness (QED) is 0.712. The van der Waals surface area contributed by atoms with Gasteiger partial charge in [-0.05, 0) is 59.4 Å². The predicted molar refractivity (Wildman–Crippen MR) is 121 cm³/mol. The van der Waals surface area contributed by atoms with Crippen molar-refractivity contribution in [1.82, 2.24) is 9.80 Å². The maximum absolute atomic E-state index is 13.0. The second kappa shape index (κ2) is 7.50. The Labute approximate surface area is 181 Å². The molecule has 1 saturated heterocycles. The molecule has 1 heterocycles. The van der Waals surface area contributed by atoms with Crippen molar-refractivity contribution in [2.75, 3.05) is 26.2 Å². The van der Waals surface area contributed by atoms with E-state index < -0.39 is 5.60 Å². The molecule has 3 aromatic carbocycles. The number of hydrogen-bond acceptors (Lipinski definition) is 3. The second-order valence-corrected chi connectivity index (χ2v) is 8.67. The number of hydrogen-bond donors (Lipinski definition) is 1. The first kappa shape index (κ1) is 19.8. The summed E-state index contributed by atoms with van der Waals surface area (Å²) < 4.78 is 0. The Morgan fingerprint density at radius 2 is 1.48 bits per heavy atom. The molecule has 5 rings (SSSR count). The average Bonchev–Trinajstić information content (AvgIpc) is 3.57. The molecule has 1 aliphatic heterocycles. The minimum absolute atomic E-state index is 0.0153. The molecule has 1 saturated carbocycles. The molecule has 158 valence electrons. The van der Waals surface area contributed by atoms with Crippen molar-refractivity contribution in [3.63, 3.8) is 0 Å². The van der Waals surface area contributed by atoms with Gasteiger partial charge in [0, 0.05) is 31.7 Å². The predicted octanol–water partition coefficient (Wildman–Crippen LogP) is 3.62. The maximum Gasteiger partial charge on any atom is 0.254 e. The molecule has 0 aromatic heterocycles. The number of amides is 2.